The van der Waals surface area contributed by atoms with Gasteiger partial charge < -0.3 is 10.2 Å². The molecule has 2 amide bonds. The van der Waals surface area contributed by atoms with Crippen molar-refractivity contribution in [2.75, 3.05) is 23.7 Å². The van der Waals surface area contributed by atoms with Crippen molar-refractivity contribution in [3.05, 3.63) is 100 Å². The van der Waals surface area contributed by atoms with Crippen LogP contribution in [0.1, 0.15) is 35.6 Å². The molecule has 0 aliphatic heterocycles. The van der Waals surface area contributed by atoms with Crippen LogP contribution in [0.3, 0.4) is 0 Å². The number of carbonyl (C=O) groups excluding carboxylic acids is 2. The summed E-state index contributed by atoms with van der Waals surface area (Å²) in [4.78, 5) is 29.1. The van der Waals surface area contributed by atoms with Crippen LogP contribution in [0.2, 0.25) is 5.02 Å². The lowest BCUT2D eigenvalue weighted by Gasteiger charge is -2.34. The lowest BCUT2D eigenvalue weighted by atomic mass is 10.0. The molecule has 3 rings (SSSR count). The van der Waals surface area contributed by atoms with Gasteiger partial charge in [0.25, 0.3) is 0 Å². The van der Waals surface area contributed by atoms with Crippen LogP contribution in [-0.2, 0) is 32.6 Å². The summed E-state index contributed by atoms with van der Waals surface area (Å²) in [5.41, 5.74) is 3.73. The topological polar surface area (TPSA) is 86.8 Å². The Morgan fingerprint density at radius 1 is 0.949 bits per heavy atom. The molecule has 1 N–H and O–H groups in total. The highest BCUT2D eigenvalue weighted by Gasteiger charge is 2.33. The summed E-state index contributed by atoms with van der Waals surface area (Å²) in [6.45, 7) is 5.81. The maximum atomic E-state index is 14.1. The second kappa shape index (κ2) is 13.6. The van der Waals surface area contributed by atoms with Crippen molar-refractivity contribution in [3.8, 4) is 0 Å². The van der Waals surface area contributed by atoms with Crippen LogP contribution in [0.4, 0.5) is 5.69 Å². The molecule has 0 aliphatic rings. The van der Waals surface area contributed by atoms with Gasteiger partial charge in [-0.2, -0.15) is 0 Å². The number of amides is 2. The van der Waals surface area contributed by atoms with Crippen LogP contribution in [0.15, 0.2) is 72.8 Å². The summed E-state index contributed by atoms with van der Waals surface area (Å²) in [5.74, 6) is -0.777. The maximum absolute atomic E-state index is 14.1. The third-order valence-corrected chi connectivity index (χ3v) is 7.74. The fourth-order valence-electron chi connectivity index (χ4n) is 4.37. The first kappa shape index (κ1) is 30.2. The van der Waals surface area contributed by atoms with Crippen LogP contribution in [0.25, 0.3) is 0 Å². The summed E-state index contributed by atoms with van der Waals surface area (Å²) in [6, 6.07) is 21.2. The van der Waals surface area contributed by atoms with E-state index in [1.807, 2.05) is 68.4 Å². The first-order valence-electron chi connectivity index (χ1n) is 12.9. The Morgan fingerprint density at radius 2 is 1.64 bits per heavy atom. The Morgan fingerprint density at radius 3 is 2.28 bits per heavy atom. The van der Waals surface area contributed by atoms with E-state index in [1.165, 1.54) is 11.0 Å². The van der Waals surface area contributed by atoms with E-state index in [2.05, 4.69) is 5.32 Å². The van der Waals surface area contributed by atoms with Gasteiger partial charge in [-0.05, 0) is 49.1 Å². The number of nitrogens with one attached hydrogen (secondary N) is 1. The van der Waals surface area contributed by atoms with Gasteiger partial charge in [0.15, 0.2) is 0 Å². The van der Waals surface area contributed by atoms with Gasteiger partial charge >= 0.3 is 0 Å². The lowest BCUT2D eigenvalue weighted by molar-refractivity contribution is -0.140. The number of sulfonamides is 1. The van der Waals surface area contributed by atoms with Crippen LogP contribution >= 0.6 is 11.6 Å². The van der Waals surface area contributed by atoms with Crippen molar-refractivity contribution in [2.45, 2.75) is 46.2 Å². The number of rotatable bonds is 12. The second-order valence-corrected chi connectivity index (χ2v) is 12.1. The van der Waals surface area contributed by atoms with E-state index in [-0.39, 0.29) is 18.9 Å². The van der Waals surface area contributed by atoms with Crippen molar-refractivity contribution in [2.24, 2.45) is 0 Å². The van der Waals surface area contributed by atoms with Gasteiger partial charge in [-0.3, -0.25) is 13.9 Å². The average molecular weight is 570 g/mol. The fourth-order valence-corrected chi connectivity index (χ4v) is 5.44. The summed E-state index contributed by atoms with van der Waals surface area (Å²) in [6.07, 6.45) is 2.08. The molecule has 0 unspecified atom stereocenters. The van der Waals surface area contributed by atoms with Crippen LogP contribution in [0, 0.1) is 13.8 Å². The smallest absolute Gasteiger partial charge is 0.244 e. The second-order valence-electron chi connectivity index (χ2n) is 9.71. The van der Waals surface area contributed by atoms with Crippen molar-refractivity contribution < 1.29 is 18.0 Å². The molecule has 0 heterocycles. The van der Waals surface area contributed by atoms with E-state index in [0.29, 0.717) is 22.8 Å². The predicted molar refractivity (Wildman–Crippen MR) is 157 cm³/mol. The van der Waals surface area contributed by atoms with Gasteiger partial charge in [0.05, 0.1) is 11.9 Å². The molecule has 0 radical (unpaired) electrons. The number of anilines is 1. The minimum atomic E-state index is -3.86. The fraction of sp³-hybridized carbons (Fsp3) is 0.333. The zero-order valence-corrected chi connectivity index (χ0v) is 24.4. The molecule has 0 fully saturated rings. The molecule has 0 bridgehead atoms. The molecule has 3 aromatic rings. The van der Waals surface area contributed by atoms with E-state index in [1.54, 1.807) is 19.1 Å². The first-order chi connectivity index (χ1) is 18.5. The average Bonchev–Trinajstić information content (AvgIpc) is 2.89. The van der Waals surface area contributed by atoms with E-state index in [9.17, 15) is 18.0 Å². The van der Waals surface area contributed by atoms with Crippen LogP contribution < -0.4 is 9.62 Å². The molecule has 39 heavy (non-hydrogen) atoms. The van der Waals surface area contributed by atoms with Crippen LogP contribution in [-0.4, -0.2) is 50.5 Å². The minimum Gasteiger partial charge on any atom is -0.354 e. The first-order valence-corrected chi connectivity index (χ1v) is 15.1. The van der Waals surface area contributed by atoms with E-state index in [0.717, 1.165) is 33.7 Å². The summed E-state index contributed by atoms with van der Waals surface area (Å²) < 4.78 is 26.9. The van der Waals surface area contributed by atoms with Crippen molar-refractivity contribution in [1.29, 1.82) is 0 Å². The highest BCUT2D eigenvalue weighted by molar-refractivity contribution is 7.92. The van der Waals surface area contributed by atoms with Gasteiger partial charge in [0.1, 0.15) is 12.6 Å². The zero-order valence-electron chi connectivity index (χ0n) is 22.9. The Labute approximate surface area is 236 Å². The number of halogens is 1. The maximum Gasteiger partial charge on any atom is 0.244 e. The number of hydrogen-bond donors (Lipinski definition) is 1. The molecule has 0 aliphatic carbocycles. The molecule has 208 valence electrons. The number of carbonyl (C=O) groups is 2. The van der Waals surface area contributed by atoms with E-state index < -0.39 is 28.5 Å². The third kappa shape index (κ3) is 8.57. The Hall–Kier alpha value is -3.36. The van der Waals surface area contributed by atoms with Crippen molar-refractivity contribution in [3.63, 3.8) is 0 Å². The van der Waals surface area contributed by atoms with Crippen molar-refractivity contribution >= 4 is 39.1 Å². The normalized spacial score (nSPS) is 12.0. The Balaban J connectivity index is 2.07. The predicted octanol–water partition coefficient (Wildman–Crippen LogP) is 4.89. The molecule has 9 heteroatoms. The van der Waals surface area contributed by atoms with Gasteiger partial charge in [0, 0.05) is 24.5 Å². The highest BCUT2D eigenvalue weighted by Crippen LogP contribution is 2.27. The standard InChI is InChI=1S/C30H36ClN3O4S/c1-5-16-32-30(36)28(18-24-11-7-6-8-12-24)33(20-25-13-9-10-22(2)17-25)29(35)21-34(39(4,37)38)27-19-26(31)15-14-23(27)3/h6-15,17,19,28H,5,16,18,20-21H2,1-4H3,(H,32,36)/t28-/m0/s1. The minimum absolute atomic E-state index is 0.143. The highest BCUT2D eigenvalue weighted by atomic mass is 35.5. The summed E-state index contributed by atoms with van der Waals surface area (Å²) in [5, 5.41) is 3.29. The summed E-state index contributed by atoms with van der Waals surface area (Å²) in [7, 11) is -3.86. The molecular formula is C30H36ClN3O4S. The monoisotopic (exact) mass is 569 g/mol. The SMILES string of the molecule is CCCNC(=O)[C@H](Cc1ccccc1)N(Cc1cccc(C)c1)C(=O)CN(c1cc(Cl)ccc1C)S(C)(=O)=O. The van der Waals surface area contributed by atoms with Gasteiger partial charge in [-0.25, -0.2) is 8.42 Å². The lowest BCUT2D eigenvalue weighted by Crippen LogP contribution is -2.53. The van der Waals surface area contributed by atoms with E-state index >= 15 is 0 Å². The van der Waals surface area contributed by atoms with Gasteiger partial charge in [0.2, 0.25) is 21.8 Å². The van der Waals surface area contributed by atoms with Gasteiger partial charge in [-0.1, -0.05) is 84.8 Å². The Bertz CT molecular complexity index is 1400. The molecule has 3 aromatic carbocycles. The van der Waals surface area contributed by atoms with Gasteiger partial charge in [-0.15, -0.1) is 0 Å². The number of aryl methyl sites for hydroxylation is 2. The Kier molecular flexibility index (Phi) is 10.5. The van der Waals surface area contributed by atoms with Crippen LogP contribution in [0.5, 0.6) is 0 Å². The molecule has 0 saturated heterocycles. The van der Waals surface area contributed by atoms with E-state index in [4.69, 9.17) is 11.6 Å². The largest absolute Gasteiger partial charge is 0.354 e. The van der Waals surface area contributed by atoms with Crippen molar-refractivity contribution in [1.82, 2.24) is 10.2 Å². The molecule has 1 atom stereocenters. The molecular weight excluding hydrogens is 534 g/mol. The molecule has 7 nitrogen and oxygen atoms in total. The third-order valence-electron chi connectivity index (χ3n) is 6.37. The molecule has 0 spiro atoms. The number of nitrogens with zero attached hydrogens (tertiary/aromatic N) is 2. The zero-order chi connectivity index (χ0) is 28.6. The quantitative estimate of drug-likeness (QED) is 0.336. The molecule has 0 aromatic heterocycles. The number of hydrogen-bond acceptors (Lipinski definition) is 4. The number of benzene rings is 3. The summed E-state index contributed by atoms with van der Waals surface area (Å²) >= 11 is 6.19. The molecule has 0 saturated carbocycles.